The van der Waals surface area contributed by atoms with E-state index in [1.54, 1.807) is 0 Å². The van der Waals surface area contributed by atoms with E-state index in [1.807, 2.05) is 31.0 Å². The van der Waals surface area contributed by atoms with Crippen LogP contribution in [-0.4, -0.2) is 30.9 Å². The summed E-state index contributed by atoms with van der Waals surface area (Å²) in [7, 11) is 1.89. The minimum Gasteiger partial charge on any atom is -0.385 e. The fourth-order valence-corrected chi connectivity index (χ4v) is 2.19. The third-order valence-corrected chi connectivity index (χ3v) is 3.48. The Labute approximate surface area is 123 Å². The molecule has 3 heteroatoms. The van der Waals surface area contributed by atoms with Crippen molar-refractivity contribution in [2.45, 2.75) is 46.5 Å². The zero-order chi connectivity index (χ0) is 15.0. The van der Waals surface area contributed by atoms with Crippen LogP contribution in [0.4, 0.5) is 5.69 Å². The average Bonchev–Trinajstić information content (AvgIpc) is 2.44. The van der Waals surface area contributed by atoms with Gasteiger partial charge >= 0.3 is 0 Å². The van der Waals surface area contributed by atoms with Crippen LogP contribution in [0.15, 0.2) is 18.2 Å². The second-order valence-electron chi connectivity index (χ2n) is 5.39. The van der Waals surface area contributed by atoms with E-state index in [9.17, 15) is 4.79 Å². The molecule has 0 aromatic heterocycles. The van der Waals surface area contributed by atoms with Gasteiger partial charge in [0.15, 0.2) is 0 Å². The Morgan fingerprint density at radius 3 is 2.55 bits per heavy atom. The van der Waals surface area contributed by atoms with Gasteiger partial charge in [0.1, 0.15) is 0 Å². The SMILES string of the molecule is CCCCCN(C)C(=O)c1ccc(NCCC)cc1C. The van der Waals surface area contributed by atoms with Gasteiger partial charge in [0, 0.05) is 31.4 Å². The standard InChI is InChI=1S/C17H28N2O/c1-5-7-8-12-19(4)17(20)16-10-9-15(13-14(16)3)18-11-6-2/h9-10,13,18H,5-8,11-12H2,1-4H3. The van der Waals surface area contributed by atoms with Crippen molar-refractivity contribution >= 4 is 11.6 Å². The van der Waals surface area contributed by atoms with Crippen LogP contribution in [-0.2, 0) is 0 Å². The van der Waals surface area contributed by atoms with Crippen LogP contribution in [0.25, 0.3) is 0 Å². The molecule has 0 radical (unpaired) electrons. The summed E-state index contributed by atoms with van der Waals surface area (Å²) in [6.45, 7) is 8.12. The molecule has 0 saturated heterocycles. The molecule has 1 amide bonds. The maximum absolute atomic E-state index is 12.4. The van der Waals surface area contributed by atoms with Crippen LogP contribution in [0, 0.1) is 6.92 Å². The van der Waals surface area contributed by atoms with Gasteiger partial charge in [0.25, 0.3) is 5.91 Å². The number of anilines is 1. The number of hydrogen-bond donors (Lipinski definition) is 1. The topological polar surface area (TPSA) is 32.3 Å². The fourth-order valence-electron chi connectivity index (χ4n) is 2.19. The predicted octanol–water partition coefficient (Wildman–Crippen LogP) is 4.08. The van der Waals surface area contributed by atoms with Crippen molar-refractivity contribution in [3.63, 3.8) is 0 Å². The minimum absolute atomic E-state index is 0.126. The largest absolute Gasteiger partial charge is 0.385 e. The second kappa shape index (κ2) is 8.62. The van der Waals surface area contributed by atoms with Gasteiger partial charge in [-0.05, 0) is 43.5 Å². The molecule has 20 heavy (non-hydrogen) atoms. The van der Waals surface area contributed by atoms with Gasteiger partial charge in [0.2, 0.25) is 0 Å². The smallest absolute Gasteiger partial charge is 0.253 e. The van der Waals surface area contributed by atoms with Gasteiger partial charge in [-0.25, -0.2) is 0 Å². The Hall–Kier alpha value is -1.51. The summed E-state index contributed by atoms with van der Waals surface area (Å²) in [5.41, 5.74) is 2.94. The average molecular weight is 276 g/mol. The first kappa shape index (κ1) is 16.5. The Morgan fingerprint density at radius 1 is 1.20 bits per heavy atom. The van der Waals surface area contributed by atoms with Crippen LogP contribution < -0.4 is 5.32 Å². The van der Waals surface area contributed by atoms with Gasteiger partial charge in [-0.2, -0.15) is 0 Å². The number of aryl methyl sites for hydroxylation is 1. The van der Waals surface area contributed by atoms with Crippen LogP contribution in [0.3, 0.4) is 0 Å². The van der Waals surface area contributed by atoms with E-state index in [0.717, 1.165) is 42.7 Å². The summed E-state index contributed by atoms with van der Waals surface area (Å²) in [6, 6.07) is 5.99. The molecule has 0 spiro atoms. The number of nitrogens with zero attached hydrogens (tertiary/aromatic N) is 1. The Morgan fingerprint density at radius 2 is 1.95 bits per heavy atom. The molecule has 0 aliphatic rings. The normalized spacial score (nSPS) is 10.4. The molecular weight excluding hydrogens is 248 g/mol. The minimum atomic E-state index is 0.126. The maximum atomic E-state index is 12.4. The van der Waals surface area contributed by atoms with E-state index in [1.165, 1.54) is 12.8 Å². The molecular formula is C17H28N2O. The van der Waals surface area contributed by atoms with Gasteiger partial charge < -0.3 is 10.2 Å². The molecule has 112 valence electrons. The Balaban J connectivity index is 2.68. The summed E-state index contributed by atoms with van der Waals surface area (Å²) in [6.07, 6.45) is 4.53. The van der Waals surface area contributed by atoms with Crippen LogP contribution in [0.5, 0.6) is 0 Å². The zero-order valence-corrected chi connectivity index (χ0v) is 13.3. The van der Waals surface area contributed by atoms with Crippen molar-refractivity contribution in [3.05, 3.63) is 29.3 Å². The first-order valence-electron chi connectivity index (χ1n) is 7.70. The highest BCUT2D eigenvalue weighted by molar-refractivity contribution is 5.95. The Bertz CT molecular complexity index is 429. The van der Waals surface area contributed by atoms with Crippen molar-refractivity contribution in [1.82, 2.24) is 4.90 Å². The quantitative estimate of drug-likeness (QED) is 0.726. The van der Waals surface area contributed by atoms with E-state index >= 15 is 0 Å². The monoisotopic (exact) mass is 276 g/mol. The van der Waals surface area contributed by atoms with E-state index in [4.69, 9.17) is 0 Å². The van der Waals surface area contributed by atoms with Gasteiger partial charge in [-0.15, -0.1) is 0 Å². The molecule has 1 N–H and O–H groups in total. The highest BCUT2D eigenvalue weighted by atomic mass is 16.2. The van der Waals surface area contributed by atoms with E-state index < -0.39 is 0 Å². The molecule has 0 aliphatic heterocycles. The summed E-state index contributed by atoms with van der Waals surface area (Å²) >= 11 is 0. The molecule has 0 atom stereocenters. The molecule has 3 nitrogen and oxygen atoms in total. The first-order valence-corrected chi connectivity index (χ1v) is 7.70. The van der Waals surface area contributed by atoms with Crippen LogP contribution in [0.2, 0.25) is 0 Å². The van der Waals surface area contributed by atoms with Gasteiger partial charge in [0.05, 0.1) is 0 Å². The number of benzene rings is 1. The van der Waals surface area contributed by atoms with Crippen LogP contribution >= 0.6 is 0 Å². The van der Waals surface area contributed by atoms with E-state index in [-0.39, 0.29) is 5.91 Å². The number of carbonyl (C=O) groups is 1. The number of unbranched alkanes of at least 4 members (excludes halogenated alkanes) is 2. The number of rotatable bonds is 8. The summed E-state index contributed by atoms with van der Waals surface area (Å²) in [4.78, 5) is 14.2. The summed E-state index contributed by atoms with van der Waals surface area (Å²) in [5, 5.41) is 3.35. The van der Waals surface area contributed by atoms with Crippen molar-refractivity contribution < 1.29 is 4.79 Å². The molecule has 0 bridgehead atoms. The lowest BCUT2D eigenvalue weighted by Crippen LogP contribution is -2.28. The summed E-state index contributed by atoms with van der Waals surface area (Å²) < 4.78 is 0. The number of carbonyl (C=O) groups excluding carboxylic acids is 1. The number of nitrogens with one attached hydrogen (secondary N) is 1. The molecule has 1 aromatic carbocycles. The van der Waals surface area contributed by atoms with Crippen molar-refractivity contribution in [1.29, 1.82) is 0 Å². The van der Waals surface area contributed by atoms with Crippen molar-refractivity contribution in [2.24, 2.45) is 0 Å². The molecule has 0 fully saturated rings. The van der Waals surface area contributed by atoms with Crippen LogP contribution in [0.1, 0.15) is 55.5 Å². The highest BCUT2D eigenvalue weighted by Gasteiger charge is 2.13. The van der Waals surface area contributed by atoms with Gasteiger partial charge in [-0.3, -0.25) is 4.79 Å². The van der Waals surface area contributed by atoms with Crippen molar-refractivity contribution in [3.8, 4) is 0 Å². The maximum Gasteiger partial charge on any atom is 0.253 e. The molecule has 1 rings (SSSR count). The van der Waals surface area contributed by atoms with Crippen molar-refractivity contribution in [2.75, 3.05) is 25.5 Å². The third kappa shape index (κ3) is 4.87. The fraction of sp³-hybridized carbons (Fsp3) is 0.588. The number of hydrogen-bond acceptors (Lipinski definition) is 2. The lowest BCUT2D eigenvalue weighted by atomic mass is 10.1. The first-order chi connectivity index (χ1) is 9.60. The second-order valence-corrected chi connectivity index (χ2v) is 5.39. The molecule has 0 unspecified atom stereocenters. The zero-order valence-electron chi connectivity index (χ0n) is 13.3. The van der Waals surface area contributed by atoms with Gasteiger partial charge in [-0.1, -0.05) is 26.7 Å². The molecule has 0 saturated carbocycles. The lowest BCUT2D eigenvalue weighted by Gasteiger charge is -2.18. The highest BCUT2D eigenvalue weighted by Crippen LogP contribution is 2.17. The van der Waals surface area contributed by atoms with E-state index in [0.29, 0.717) is 0 Å². The predicted molar refractivity (Wildman–Crippen MR) is 86.4 cm³/mol. The van der Waals surface area contributed by atoms with E-state index in [2.05, 4.69) is 25.2 Å². The molecule has 1 aromatic rings. The molecule has 0 aliphatic carbocycles. The summed E-state index contributed by atoms with van der Waals surface area (Å²) in [5.74, 6) is 0.126. The third-order valence-electron chi connectivity index (χ3n) is 3.48. The Kier molecular flexibility index (Phi) is 7.13. The number of amides is 1. The molecule has 0 heterocycles. The lowest BCUT2D eigenvalue weighted by molar-refractivity contribution is 0.0792.